The first kappa shape index (κ1) is 22.2. The van der Waals surface area contributed by atoms with Crippen molar-refractivity contribution in [3.63, 3.8) is 0 Å². The second-order valence-electron chi connectivity index (χ2n) is 8.44. The highest BCUT2D eigenvalue weighted by molar-refractivity contribution is 6.31. The number of hydrogen-bond donors (Lipinski definition) is 2. The van der Waals surface area contributed by atoms with Crippen molar-refractivity contribution < 1.29 is 14.3 Å². The van der Waals surface area contributed by atoms with Gasteiger partial charge in [-0.3, -0.25) is 0 Å². The predicted molar refractivity (Wildman–Crippen MR) is 135 cm³/mol. The third kappa shape index (κ3) is 3.94. The minimum absolute atomic E-state index is 0.173. The van der Waals surface area contributed by atoms with Gasteiger partial charge in [-0.15, -0.1) is 0 Å². The van der Waals surface area contributed by atoms with Gasteiger partial charge in [0.25, 0.3) is 0 Å². The molecule has 2 N–H and O–H groups in total. The molecule has 3 aromatic carbocycles. The number of carbonyl (C=O) groups excluding carboxylic acids is 1. The first-order valence-electron chi connectivity index (χ1n) is 11.1. The SMILES string of the molecule is COc1ccc(C2c3[nH]c4ccc(OC)cc4c3CCN2C(=O)Nc2cc(Cl)ccc2C)cc1. The van der Waals surface area contributed by atoms with Crippen LogP contribution in [0.5, 0.6) is 11.5 Å². The van der Waals surface area contributed by atoms with E-state index in [1.54, 1.807) is 20.3 Å². The molecule has 0 spiro atoms. The molecule has 1 unspecified atom stereocenters. The highest BCUT2D eigenvalue weighted by Crippen LogP contribution is 2.40. The van der Waals surface area contributed by atoms with Crippen LogP contribution in [-0.2, 0) is 6.42 Å². The maximum Gasteiger partial charge on any atom is 0.322 e. The van der Waals surface area contributed by atoms with E-state index in [9.17, 15) is 4.79 Å². The largest absolute Gasteiger partial charge is 0.497 e. The molecule has 1 aliphatic heterocycles. The first-order chi connectivity index (χ1) is 16.5. The van der Waals surface area contributed by atoms with Crippen LogP contribution in [0.25, 0.3) is 10.9 Å². The van der Waals surface area contributed by atoms with Gasteiger partial charge >= 0.3 is 6.03 Å². The monoisotopic (exact) mass is 475 g/mol. The maximum absolute atomic E-state index is 13.6. The van der Waals surface area contributed by atoms with E-state index in [0.29, 0.717) is 17.3 Å². The first-order valence-corrected chi connectivity index (χ1v) is 11.5. The summed E-state index contributed by atoms with van der Waals surface area (Å²) in [7, 11) is 3.32. The van der Waals surface area contributed by atoms with E-state index in [2.05, 4.69) is 16.4 Å². The minimum atomic E-state index is -0.285. The van der Waals surface area contributed by atoms with Gasteiger partial charge in [0, 0.05) is 33.9 Å². The Kier molecular flexibility index (Phi) is 5.84. The van der Waals surface area contributed by atoms with Gasteiger partial charge in [-0.1, -0.05) is 29.8 Å². The summed E-state index contributed by atoms with van der Waals surface area (Å²) in [4.78, 5) is 19.0. The van der Waals surface area contributed by atoms with E-state index in [4.69, 9.17) is 21.1 Å². The van der Waals surface area contributed by atoms with Gasteiger partial charge in [-0.05, 0) is 72.5 Å². The van der Waals surface area contributed by atoms with Crippen molar-refractivity contribution in [3.8, 4) is 11.5 Å². The molecule has 34 heavy (non-hydrogen) atoms. The van der Waals surface area contributed by atoms with Crippen LogP contribution in [0.4, 0.5) is 10.5 Å². The van der Waals surface area contributed by atoms with Gasteiger partial charge in [-0.2, -0.15) is 0 Å². The Balaban J connectivity index is 1.59. The molecule has 1 aliphatic rings. The van der Waals surface area contributed by atoms with Crippen molar-refractivity contribution in [2.45, 2.75) is 19.4 Å². The molecule has 4 aromatic rings. The lowest BCUT2D eigenvalue weighted by Crippen LogP contribution is -2.43. The molecule has 0 radical (unpaired) electrons. The van der Waals surface area contributed by atoms with Crippen LogP contribution in [0.1, 0.15) is 28.4 Å². The van der Waals surface area contributed by atoms with E-state index >= 15 is 0 Å². The molecule has 174 valence electrons. The van der Waals surface area contributed by atoms with Crippen molar-refractivity contribution in [3.05, 3.63) is 88.1 Å². The number of rotatable bonds is 4. The van der Waals surface area contributed by atoms with Crippen molar-refractivity contribution >= 4 is 34.2 Å². The summed E-state index contributed by atoms with van der Waals surface area (Å²) in [6, 6.07) is 18.9. The van der Waals surface area contributed by atoms with Crippen LogP contribution in [0.3, 0.4) is 0 Å². The van der Waals surface area contributed by atoms with E-state index in [0.717, 1.165) is 45.6 Å². The van der Waals surface area contributed by atoms with Gasteiger partial charge in [0.15, 0.2) is 0 Å². The maximum atomic E-state index is 13.6. The Hall–Kier alpha value is -3.64. The number of urea groups is 1. The fourth-order valence-electron chi connectivity index (χ4n) is 4.66. The summed E-state index contributed by atoms with van der Waals surface area (Å²) in [5.41, 5.74) is 5.90. The molecule has 0 saturated heterocycles. The lowest BCUT2D eigenvalue weighted by atomic mass is 9.92. The average Bonchev–Trinajstić information content (AvgIpc) is 3.23. The number of carbonyl (C=O) groups is 1. The number of ether oxygens (including phenoxy) is 2. The van der Waals surface area contributed by atoms with E-state index < -0.39 is 0 Å². The number of benzene rings is 3. The number of methoxy groups -OCH3 is 2. The molecule has 7 heteroatoms. The fraction of sp³-hybridized carbons (Fsp3) is 0.222. The van der Waals surface area contributed by atoms with Crippen molar-refractivity contribution in [1.29, 1.82) is 0 Å². The minimum Gasteiger partial charge on any atom is -0.497 e. The van der Waals surface area contributed by atoms with Crippen molar-refractivity contribution in [2.75, 3.05) is 26.1 Å². The number of aryl methyl sites for hydroxylation is 1. The number of H-pyrrole nitrogens is 1. The Bertz CT molecular complexity index is 1360. The number of aromatic amines is 1. The van der Waals surface area contributed by atoms with Gasteiger partial charge < -0.3 is 24.7 Å². The van der Waals surface area contributed by atoms with Gasteiger partial charge in [0.2, 0.25) is 0 Å². The Labute approximate surface area is 203 Å². The smallest absolute Gasteiger partial charge is 0.322 e. The number of nitrogens with one attached hydrogen (secondary N) is 2. The number of anilines is 1. The zero-order chi connectivity index (χ0) is 23.8. The lowest BCUT2D eigenvalue weighted by molar-refractivity contribution is 0.193. The summed E-state index contributed by atoms with van der Waals surface area (Å²) in [6.45, 7) is 2.52. The Morgan fingerprint density at radius 3 is 2.50 bits per heavy atom. The number of aromatic nitrogens is 1. The molecule has 5 rings (SSSR count). The standard InChI is InChI=1S/C27H26ClN3O3/c1-16-4-7-18(28)14-24(16)30-27(32)31-13-12-21-22-15-20(34-3)10-11-23(22)29-25(21)26(31)17-5-8-19(33-2)9-6-17/h4-11,14-15,26,29H,12-13H2,1-3H3,(H,30,32). The molecular formula is C27H26ClN3O3. The van der Waals surface area contributed by atoms with Crippen LogP contribution in [0.15, 0.2) is 60.7 Å². The summed E-state index contributed by atoms with van der Waals surface area (Å²) in [5, 5.41) is 4.78. The Morgan fingerprint density at radius 1 is 1.03 bits per heavy atom. The third-order valence-electron chi connectivity index (χ3n) is 6.47. The average molecular weight is 476 g/mol. The zero-order valence-corrected chi connectivity index (χ0v) is 20.1. The topological polar surface area (TPSA) is 66.6 Å². The zero-order valence-electron chi connectivity index (χ0n) is 19.3. The van der Waals surface area contributed by atoms with E-state index in [-0.39, 0.29) is 12.1 Å². The number of nitrogens with zero attached hydrogens (tertiary/aromatic N) is 1. The number of amides is 2. The molecule has 0 fully saturated rings. The fourth-order valence-corrected chi connectivity index (χ4v) is 4.83. The molecule has 2 heterocycles. The van der Waals surface area contributed by atoms with Crippen LogP contribution in [0.2, 0.25) is 5.02 Å². The summed E-state index contributed by atoms with van der Waals surface area (Å²) in [5.74, 6) is 1.58. The lowest BCUT2D eigenvalue weighted by Gasteiger charge is -2.36. The van der Waals surface area contributed by atoms with Crippen LogP contribution in [-0.4, -0.2) is 36.7 Å². The number of fused-ring (bicyclic) bond motifs is 3. The van der Waals surface area contributed by atoms with E-state index in [1.807, 2.05) is 60.4 Å². The summed E-state index contributed by atoms with van der Waals surface area (Å²) in [6.07, 6.45) is 0.733. The van der Waals surface area contributed by atoms with Gasteiger partial charge in [-0.25, -0.2) is 4.79 Å². The molecule has 1 atom stereocenters. The van der Waals surface area contributed by atoms with Crippen LogP contribution in [0, 0.1) is 6.92 Å². The normalized spacial score (nSPS) is 15.2. The number of halogens is 1. The third-order valence-corrected chi connectivity index (χ3v) is 6.70. The van der Waals surface area contributed by atoms with Crippen molar-refractivity contribution in [2.24, 2.45) is 0 Å². The summed E-state index contributed by atoms with van der Waals surface area (Å²) >= 11 is 6.18. The molecule has 6 nitrogen and oxygen atoms in total. The van der Waals surface area contributed by atoms with Crippen LogP contribution < -0.4 is 14.8 Å². The predicted octanol–water partition coefficient (Wildman–Crippen LogP) is 6.33. The molecule has 0 saturated carbocycles. The highest BCUT2D eigenvalue weighted by atomic mass is 35.5. The summed E-state index contributed by atoms with van der Waals surface area (Å²) < 4.78 is 10.8. The van der Waals surface area contributed by atoms with Gasteiger partial charge in [0.05, 0.1) is 20.3 Å². The van der Waals surface area contributed by atoms with Crippen LogP contribution >= 0.6 is 11.6 Å². The second kappa shape index (κ2) is 8.95. The van der Waals surface area contributed by atoms with Crippen molar-refractivity contribution in [1.82, 2.24) is 9.88 Å². The number of hydrogen-bond acceptors (Lipinski definition) is 3. The molecule has 2 amide bonds. The molecule has 0 aliphatic carbocycles. The quantitative estimate of drug-likeness (QED) is 0.362. The highest BCUT2D eigenvalue weighted by Gasteiger charge is 2.35. The van der Waals surface area contributed by atoms with E-state index in [1.165, 1.54) is 5.56 Å². The molecule has 1 aromatic heterocycles. The molecule has 0 bridgehead atoms. The Morgan fingerprint density at radius 2 is 1.76 bits per heavy atom. The van der Waals surface area contributed by atoms with Gasteiger partial charge in [0.1, 0.15) is 11.5 Å². The molecular weight excluding hydrogens is 450 g/mol. The second-order valence-corrected chi connectivity index (χ2v) is 8.87.